The number of nitrogens with one attached hydrogen (secondary N) is 1. The Morgan fingerprint density at radius 2 is 1.83 bits per heavy atom. The maximum absolute atomic E-state index is 6.22. The van der Waals surface area contributed by atoms with Gasteiger partial charge in [0.25, 0.3) is 0 Å². The van der Waals surface area contributed by atoms with Crippen molar-refractivity contribution in [1.82, 2.24) is 29.9 Å². The van der Waals surface area contributed by atoms with E-state index in [0.29, 0.717) is 22.5 Å². The van der Waals surface area contributed by atoms with Crippen LogP contribution in [-0.2, 0) is 0 Å². The second-order valence-electron chi connectivity index (χ2n) is 6.66. The van der Waals surface area contributed by atoms with Gasteiger partial charge in [-0.15, -0.1) is 0 Å². The fraction of sp³-hybridized carbons (Fsp3) is 0.0952. The van der Waals surface area contributed by atoms with Gasteiger partial charge in [0.15, 0.2) is 16.8 Å². The normalized spacial score (nSPS) is 11.4. The molecule has 0 fully saturated rings. The van der Waals surface area contributed by atoms with Crippen LogP contribution < -0.4 is 5.73 Å². The first-order valence-corrected chi connectivity index (χ1v) is 10.2. The summed E-state index contributed by atoms with van der Waals surface area (Å²) in [5.74, 6) is 1.18. The molecular formula is C21H17N7S. The number of H-pyrrole nitrogens is 1. The summed E-state index contributed by atoms with van der Waals surface area (Å²) in [7, 11) is 0. The number of nitrogens with two attached hydrogens (primary N) is 1. The number of aromatic amines is 1. The van der Waals surface area contributed by atoms with E-state index in [4.69, 9.17) is 10.7 Å². The number of hydrogen-bond donors (Lipinski definition) is 2. The second kappa shape index (κ2) is 6.82. The maximum Gasteiger partial charge on any atom is 0.191 e. The Morgan fingerprint density at radius 3 is 2.69 bits per heavy atom. The number of aromatic nitrogens is 6. The van der Waals surface area contributed by atoms with E-state index in [9.17, 15) is 0 Å². The molecular weight excluding hydrogens is 382 g/mol. The lowest BCUT2D eigenvalue weighted by Crippen LogP contribution is -2.00. The van der Waals surface area contributed by atoms with E-state index in [-0.39, 0.29) is 0 Å². The van der Waals surface area contributed by atoms with Crippen LogP contribution in [0.3, 0.4) is 0 Å². The number of imidazole rings is 1. The minimum Gasteiger partial charge on any atom is -0.398 e. The smallest absolute Gasteiger partial charge is 0.191 e. The largest absolute Gasteiger partial charge is 0.398 e. The number of hydrogen-bond acceptors (Lipinski definition) is 7. The highest BCUT2D eigenvalue weighted by atomic mass is 32.2. The average molecular weight is 399 g/mol. The van der Waals surface area contributed by atoms with Crippen molar-refractivity contribution in [3.8, 4) is 22.8 Å². The molecule has 0 saturated carbocycles. The van der Waals surface area contributed by atoms with Gasteiger partial charge < -0.3 is 10.7 Å². The summed E-state index contributed by atoms with van der Waals surface area (Å²) in [5.41, 5.74) is 12.2. The van der Waals surface area contributed by atoms with Crippen LogP contribution in [0.1, 0.15) is 5.69 Å². The number of nitrogen functional groups attached to an aromatic ring is 1. The number of fused-ring (bicyclic) bond motifs is 2. The third-order valence-corrected chi connectivity index (χ3v) is 5.26. The van der Waals surface area contributed by atoms with Crippen LogP contribution in [0.5, 0.6) is 0 Å². The van der Waals surface area contributed by atoms with E-state index in [1.165, 1.54) is 11.8 Å². The minimum atomic E-state index is 0.590. The summed E-state index contributed by atoms with van der Waals surface area (Å²) in [5, 5.41) is 1.53. The van der Waals surface area contributed by atoms with Gasteiger partial charge >= 0.3 is 0 Å². The summed E-state index contributed by atoms with van der Waals surface area (Å²) >= 11 is 1.48. The fourth-order valence-corrected chi connectivity index (χ4v) is 3.73. The van der Waals surface area contributed by atoms with E-state index < -0.39 is 0 Å². The van der Waals surface area contributed by atoms with Crippen LogP contribution in [0.2, 0.25) is 0 Å². The molecule has 0 amide bonds. The Kier molecular flexibility index (Phi) is 4.13. The number of benzene rings is 2. The number of anilines is 1. The molecule has 0 radical (unpaired) electrons. The highest BCUT2D eigenvalue weighted by Gasteiger charge is 2.14. The molecule has 0 aliphatic carbocycles. The van der Waals surface area contributed by atoms with E-state index in [2.05, 4.69) is 24.9 Å². The van der Waals surface area contributed by atoms with Crippen molar-refractivity contribution in [2.45, 2.75) is 12.1 Å². The molecule has 0 aliphatic heterocycles. The number of aryl methyl sites for hydroxylation is 1. The second-order valence-corrected chi connectivity index (χ2v) is 7.43. The lowest BCUT2D eigenvalue weighted by Gasteiger charge is -2.09. The van der Waals surface area contributed by atoms with Gasteiger partial charge in [-0.25, -0.2) is 19.9 Å². The molecule has 7 nitrogen and oxygen atoms in total. The summed E-state index contributed by atoms with van der Waals surface area (Å²) < 4.78 is 0. The number of thioether (sulfide) groups is 1. The summed E-state index contributed by atoms with van der Waals surface area (Å²) in [6, 6.07) is 13.7. The number of pyridine rings is 1. The Bertz CT molecular complexity index is 1380. The fourth-order valence-electron chi connectivity index (χ4n) is 3.37. The van der Waals surface area contributed by atoms with Gasteiger partial charge in [-0.3, -0.25) is 4.98 Å². The topological polar surface area (TPSA) is 106 Å². The molecule has 0 unspecified atom stereocenters. The predicted molar refractivity (Wildman–Crippen MR) is 117 cm³/mol. The lowest BCUT2D eigenvalue weighted by molar-refractivity contribution is 0.924. The third-order valence-electron chi connectivity index (χ3n) is 4.72. The van der Waals surface area contributed by atoms with E-state index in [0.717, 1.165) is 38.8 Å². The predicted octanol–water partition coefficient (Wildman–Crippen LogP) is 4.24. The summed E-state index contributed by atoms with van der Waals surface area (Å²) in [4.78, 5) is 26.1. The molecule has 5 rings (SSSR count). The Morgan fingerprint density at radius 1 is 0.966 bits per heavy atom. The van der Waals surface area contributed by atoms with E-state index in [1.54, 1.807) is 6.33 Å². The lowest BCUT2D eigenvalue weighted by atomic mass is 10.1. The van der Waals surface area contributed by atoms with Crippen molar-refractivity contribution in [2.24, 2.45) is 0 Å². The SMILES string of the molecule is CSc1nc(-c2ccc3nc(C)cc(N)c3c2)nc(-c2cccc3[nH]cnc23)n1. The molecule has 29 heavy (non-hydrogen) atoms. The molecule has 2 aromatic carbocycles. The van der Waals surface area contributed by atoms with Gasteiger partial charge in [0.2, 0.25) is 0 Å². The average Bonchev–Trinajstić information content (AvgIpc) is 3.22. The Labute approximate surface area is 170 Å². The summed E-state index contributed by atoms with van der Waals surface area (Å²) in [6.07, 6.45) is 3.62. The van der Waals surface area contributed by atoms with Crippen LogP contribution in [0.4, 0.5) is 5.69 Å². The molecule has 0 spiro atoms. The van der Waals surface area contributed by atoms with Gasteiger partial charge in [0.1, 0.15) is 0 Å². The maximum atomic E-state index is 6.22. The van der Waals surface area contributed by atoms with Crippen molar-refractivity contribution in [1.29, 1.82) is 0 Å². The molecule has 142 valence electrons. The van der Waals surface area contributed by atoms with Crippen LogP contribution in [0.25, 0.3) is 44.7 Å². The van der Waals surface area contributed by atoms with Gasteiger partial charge in [0, 0.05) is 27.9 Å². The highest BCUT2D eigenvalue weighted by molar-refractivity contribution is 7.98. The molecule has 5 aromatic rings. The van der Waals surface area contributed by atoms with Crippen LogP contribution in [-0.4, -0.2) is 36.2 Å². The number of nitrogens with zero attached hydrogens (tertiary/aromatic N) is 5. The first-order chi connectivity index (χ1) is 14.1. The first kappa shape index (κ1) is 17.6. The Hall–Kier alpha value is -3.52. The highest BCUT2D eigenvalue weighted by Crippen LogP contribution is 2.29. The van der Waals surface area contributed by atoms with Gasteiger partial charge in [-0.2, -0.15) is 0 Å². The number of rotatable bonds is 3. The van der Waals surface area contributed by atoms with Gasteiger partial charge in [0.05, 0.1) is 22.9 Å². The third kappa shape index (κ3) is 3.07. The zero-order valence-electron chi connectivity index (χ0n) is 15.8. The zero-order valence-corrected chi connectivity index (χ0v) is 16.7. The van der Waals surface area contributed by atoms with Crippen molar-refractivity contribution in [3.63, 3.8) is 0 Å². The standard InChI is InChI=1S/C21H17N7S/c1-11-8-15(22)14-9-12(6-7-16(14)25-11)19-26-20(28-21(27-19)29-2)13-4-3-5-17-18(13)24-10-23-17/h3-10H,1-2H3,(H2,22,25)(H,23,24). The molecule has 3 N–H and O–H groups in total. The zero-order chi connectivity index (χ0) is 20.0. The Balaban J connectivity index is 1.71. The van der Waals surface area contributed by atoms with Crippen LogP contribution in [0.15, 0.2) is 53.9 Å². The first-order valence-electron chi connectivity index (χ1n) is 9.02. The van der Waals surface area contributed by atoms with Gasteiger partial charge in [-0.05, 0) is 49.6 Å². The minimum absolute atomic E-state index is 0.590. The quantitative estimate of drug-likeness (QED) is 0.437. The monoisotopic (exact) mass is 399 g/mol. The molecule has 0 atom stereocenters. The van der Waals surface area contributed by atoms with Crippen molar-refractivity contribution >= 4 is 39.4 Å². The molecule has 3 heterocycles. The molecule has 8 heteroatoms. The molecule has 0 aliphatic rings. The summed E-state index contributed by atoms with van der Waals surface area (Å²) in [6.45, 7) is 1.93. The number of para-hydroxylation sites is 1. The van der Waals surface area contributed by atoms with E-state index in [1.807, 2.05) is 55.6 Å². The van der Waals surface area contributed by atoms with Crippen LogP contribution in [0, 0.1) is 6.92 Å². The molecule has 0 saturated heterocycles. The van der Waals surface area contributed by atoms with Crippen molar-refractivity contribution in [3.05, 3.63) is 54.5 Å². The molecule has 3 aromatic heterocycles. The van der Waals surface area contributed by atoms with E-state index >= 15 is 0 Å². The molecule has 0 bridgehead atoms. The van der Waals surface area contributed by atoms with Crippen molar-refractivity contribution < 1.29 is 0 Å². The van der Waals surface area contributed by atoms with Gasteiger partial charge in [-0.1, -0.05) is 17.8 Å². The van der Waals surface area contributed by atoms with Crippen LogP contribution >= 0.6 is 11.8 Å². The van der Waals surface area contributed by atoms with Crippen molar-refractivity contribution in [2.75, 3.05) is 12.0 Å².